The third kappa shape index (κ3) is 2.86. The second-order valence-corrected chi connectivity index (χ2v) is 6.28. The van der Waals surface area contributed by atoms with Gasteiger partial charge < -0.3 is 5.32 Å². The SMILES string of the molecule is CCc1ccsc1C(=O)NCC(Br)C1CC1. The maximum Gasteiger partial charge on any atom is 0.261 e. The van der Waals surface area contributed by atoms with Crippen LogP contribution in [0.1, 0.15) is 35.0 Å². The first-order valence-corrected chi connectivity index (χ1v) is 7.50. The Morgan fingerprint density at radius 2 is 2.44 bits per heavy atom. The zero-order valence-electron chi connectivity index (χ0n) is 9.33. The Morgan fingerprint density at radius 1 is 1.69 bits per heavy atom. The van der Waals surface area contributed by atoms with E-state index in [1.54, 1.807) is 0 Å². The lowest BCUT2D eigenvalue weighted by Crippen LogP contribution is -2.30. The summed E-state index contributed by atoms with van der Waals surface area (Å²) in [5, 5.41) is 4.99. The van der Waals surface area contributed by atoms with Gasteiger partial charge in [-0.25, -0.2) is 0 Å². The van der Waals surface area contributed by atoms with Crippen LogP contribution >= 0.6 is 27.3 Å². The highest BCUT2D eigenvalue weighted by Gasteiger charge is 2.29. The fourth-order valence-corrected chi connectivity index (χ4v) is 3.31. The van der Waals surface area contributed by atoms with E-state index in [4.69, 9.17) is 0 Å². The molecule has 1 unspecified atom stereocenters. The highest BCUT2D eigenvalue weighted by molar-refractivity contribution is 9.09. The van der Waals surface area contributed by atoms with Crippen molar-refractivity contribution in [3.8, 4) is 0 Å². The molecule has 1 aromatic rings. The lowest BCUT2D eigenvalue weighted by molar-refractivity contribution is 0.0956. The summed E-state index contributed by atoms with van der Waals surface area (Å²) in [5.41, 5.74) is 1.15. The lowest BCUT2D eigenvalue weighted by atomic mass is 10.2. The Kier molecular flexibility index (Phi) is 4.03. The Labute approximate surface area is 109 Å². The molecule has 1 N–H and O–H groups in total. The topological polar surface area (TPSA) is 29.1 Å². The number of aryl methyl sites for hydroxylation is 1. The smallest absolute Gasteiger partial charge is 0.261 e. The molecular weight excluding hydrogens is 286 g/mol. The number of carbonyl (C=O) groups is 1. The molecule has 1 amide bonds. The lowest BCUT2D eigenvalue weighted by Gasteiger charge is -2.09. The van der Waals surface area contributed by atoms with Crippen LogP contribution in [0, 0.1) is 5.92 Å². The summed E-state index contributed by atoms with van der Waals surface area (Å²) in [5.74, 6) is 0.853. The van der Waals surface area contributed by atoms with Crippen LogP contribution < -0.4 is 5.32 Å². The molecule has 0 spiro atoms. The first kappa shape index (κ1) is 12.1. The number of thiophene rings is 1. The van der Waals surface area contributed by atoms with Gasteiger partial charge in [0, 0.05) is 11.4 Å². The van der Waals surface area contributed by atoms with Crippen LogP contribution in [0.4, 0.5) is 0 Å². The van der Waals surface area contributed by atoms with Crippen LogP contribution in [-0.2, 0) is 6.42 Å². The van der Waals surface area contributed by atoms with Crippen molar-refractivity contribution in [2.45, 2.75) is 31.0 Å². The van der Waals surface area contributed by atoms with Crippen LogP contribution in [0.15, 0.2) is 11.4 Å². The van der Waals surface area contributed by atoms with Gasteiger partial charge in [0.2, 0.25) is 0 Å². The quantitative estimate of drug-likeness (QED) is 0.831. The second-order valence-electron chi connectivity index (χ2n) is 4.19. The minimum atomic E-state index is 0.0805. The summed E-state index contributed by atoms with van der Waals surface area (Å²) in [4.78, 5) is 13.2. The highest BCUT2D eigenvalue weighted by atomic mass is 79.9. The predicted octanol–water partition coefficient (Wildman–Crippen LogP) is 3.21. The van der Waals surface area contributed by atoms with E-state index in [1.807, 2.05) is 11.4 Å². The van der Waals surface area contributed by atoms with Gasteiger partial charge >= 0.3 is 0 Å². The first-order chi connectivity index (χ1) is 7.72. The average molecular weight is 302 g/mol. The van der Waals surface area contributed by atoms with Crippen molar-refractivity contribution in [2.75, 3.05) is 6.54 Å². The molecule has 16 heavy (non-hydrogen) atoms. The van der Waals surface area contributed by atoms with Crippen molar-refractivity contribution in [3.63, 3.8) is 0 Å². The summed E-state index contributed by atoms with van der Waals surface area (Å²) in [6.45, 7) is 2.82. The molecule has 1 aliphatic carbocycles. The zero-order chi connectivity index (χ0) is 11.5. The van der Waals surface area contributed by atoms with Gasteiger partial charge in [0.1, 0.15) is 0 Å². The van der Waals surface area contributed by atoms with Gasteiger partial charge in [0.05, 0.1) is 4.88 Å². The number of hydrogen-bond donors (Lipinski definition) is 1. The number of rotatable bonds is 5. The molecule has 0 aliphatic heterocycles. The van der Waals surface area contributed by atoms with Crippen LogP contribution in [0.2, 0.25) is 0 Å². The molecule has 0 radical (unpaired) electrons. The summed E-state index contributed by atoms with van der Waals surface area (Å²) < 4.78 is 0. The minimum absolute atomic E-state index is 0.0805. The number of alkyl halides is 1. The van der Waals surface area contributed by atoms with Gasteiger partial charge in [-0.1, -0.05) is 22.9 Å². The maximum absolute atomic E-state index is 11.9. The number of carbonyl (C=O) groups excluding carboxylic acids is 1. The molecule has 2 rings (SSSR count). The second kappa shape index (κ2) is 5.32. The van der Waals surface area contributed by atoms with E-state index in [0.29, 0.717) is 4.83 Å². The summed E-state index contributed by atoms with van der Waals surface area (Å²) >= 11 is 5.15. The first-order valence-electron chi connectivity index (χ1n) is 5.71. The van der Waals surface area contributed by atoms with E-state index >= 15 is 0 Å². The minimum Gasteiger partial charge on any atom is -0.350 e. The van der Waals surface area contributed by atoms with Gasteiger partial charge in [0.15, 0.2) is 0 Å². The third-order valence-electron chi connectivity index (χ3n) is 2.93. The molecule has 1 saturated carbocycles. The van der Waals surface area contributed by atoms with Gasteiger partial charge in [-0.15, -0.1) is 11.3 Å². The van der Waals surface area contributed by atoms with Gasteiger partial charge in [-0.2, -0.15) is 0 Å². The average Bonchev–Trinajstić information content (AvgIpc) is 3.03. The third-order valence-corrected chi connectivity index (χ3v) is 4.95. The standard InChI is InChI=1S/C12H16BrNOS/c1-2-8-5-6-16-11(8)12(15)14-7-10(13)9-3-4-9/h5-6,9-10H,2-4,7H2,1H3,(H,14,15). The maximum atomic E-state index is 11.9. The van der Waals surface area contributed by atoms with E-state index in [1.165, 1.54) is 24.2 Å². The molecule has 0 saturated heterocycles. The van der Waals surface area contributed by atoms with Crippen LogP contribution in [-0.4, -0.2) is 17.3 Å². The van der Waals surface area contributed by atoms with Crippen molar-refractivity contribution in [1.29, 1.82) is 0 Å². The van der Waals surface area contributed by atoms with Gasteiger partial charge in [-0.3, -0.25) is 4.79 Å². The van der Waals surface area contributed by atoms with E-state index in [-0.39, 0.29) is 5.91 Å². The Balaban J connectivity index is 1.87. The number of halogens is 1. The number of hydrogen-bond acceptors (Lipinski definition) is 2. The summed E-state index contributed by atoms with van der Waals surface area (Å²) in [6, 6.07) is 2.03. The van der Waals surface area contributed by atoms with Crippen LogP contribution in [0.5, 0.6) is 0 Å². The zero-order valence-corrected chi connectivity index (χ0v) is 11.7. The van der Waals surface area contributed by atoms with Crippen LogP contribution in [0.3, 0.4) is 0 Å². The molecule has 4 heteroatoms. The molecule has 1 fully saturated rings. The molecule has 0 bridgehead atoms. The highest BCUT2D eigenvalue weighted by Crippen LogP contribution is 2.36. The van der Waals surface area contributed by atoms with E-state index in [9.17, 15) is 4.79 Å². The van der Waals surface area contributed by atoms with Gasteiger partial charge in [0.25, 0.3) is 5.91 Å². The number of amides is 1. The van der Waals surface area contributed by atoms with Crippen molar-refractivity contribution >= 4 is 33.2 Å². The molecule has 1 aromatic heterocycles. The van der Waals surface area contributed by atoms with Crippen molar-refractivity contribution < 1.29 is 4.79 Å². The number of nitrogens with one attached hydrogen (secondary N) is 1. The largest absolute Gasteiger partial charge is 0.350 e. The van der Waals surface area contributed by atoms with Gasteiger partial charge in [-0.05, 0) is 42.2 Å². The van der Waals surface area contributed by atoms with E-state index in [0.717, 1.165) is 29.3 Å². The van der Waals surface area contributed by atoms with E-state index in [2.05, 4.69) is 28.2 Å². The summed E-state index contributed by atoms with van der Waals surface area (Å²) in [7, 11) is 0. The van der Waals surface area contributed by atoms with Crippen molar-refractivity contribution in [2.24, 2.45) is 5.92 Å². The Bertz CT molecular complexity index is 373. The molecule has 2 nitrogen and oxygen atoms in total. The molecule has 1 aliphatic rings. The fraction of sp³-hybridized carbons (Fsp3) is 0.583. The monoisotopic (exact) mass is 301 g/mol. The molecule has 88 valence electrons. The normalized spacial score (nSPS) is 17.1. The molecule has 1 atom stereocenters. The van der Waals surface area contributed by atoms with Crippen LogP contribution in [0.25, 0.3) is 0 Å². The predicted molar refractivity (Wildman–Crippen MR) is 71.5 cm³/mol. The fourth-order valence-electron chi connectivity index (χ4n) is 1.71. The van der Waals surface area contributed by atoms with Crippen molar-refractivity contribution in [3.05, 3.63) is 21.9 Å². The van der Waals surface area contributed by atoms with Crippen molar-refractivity contribution in [1.82, 2.24) is 5.32 Å². The van der Waals surface area contributed by atoms with E-state index < -0.39 is 0 Å². The summed E-state index contributed by atoms with van der Waals surface area (Å²) in [6.07, 6.45) is 3.52. The molecule has 0 aromatic carbocycles. The Hall–Kier alpha value is -0.350. The molecule has 1 heterocycles. The molecular formula is C12H16BrNOS. The Morgan fingerprint density at radius 3 is 3.06 bits per heavy atom.